The minimum absolute atomic E-state index is 0.346. The number of hydrogen-bond acceptors (Lipinski definition) is 5. The van der Waals surface area contributed by atoms with Crippen LogP contribution in [0, 0.1) is 0 Å². The SMILES string of the molecule is CCC/C=C(\C(=O)OC(C)(C)C)c1csc(N)n1. The van der Waals surface area contributed by atoms with Crippen molar-refractivity contribution in [3.8, 4) is 0 Å². The zero-order valence-corrected chi connectivity index (χ0v) is 12.1. The molecule has 0 aromatic carbocycles. The zero-order chi connectivity index (χ0) is 13.8. The van der Waals surface area contributed by atoms with Crippen LogP contribution in [0.25, 0.3) is 5.57 Å². The van der Waals surface area contributed by atoms with E-state index in [2.05, 4.69) is 11.9 Å². The number of anilines is 1. The maximum Gasteiger partial charge on any atom is 0.340 e. The van der Waals surface area contributed by atoms with Gasteiger partial charge < -0.3 is 10.5 Å². The van der Waals surface area contributed by atoms with E-state index >= 15 is 0 Å². The average molecular weight is 268 g/mol. The first kappa shape index (κ1) is 14.7. The molecular weight excluding hydrogens is 248 g/mol. The third kappa shape index (κ3) is 4.49. The molecule has 0 unspecified atom stereocenters. The van der Waals surface area contributed by atoms with Crippen molar-refractivity contribution in [1.82, 2.24) is 4.98 Å². The number of ether oxygens (including phenoxy) is 1. The van der Waals surface area contributed by atoms with Gasteiger partial charge in [0.2, 0.25) is 0 Å². The Bertz CT molecular complexity index is 444. The van der Waals surface area contributed by atoms with Gasteiger partial charge in [0.15, 0.2) is 5.13 Å². The van der Waals surface area contributed by atoms with E-state index in [-0.39, 0.29) is 5.97 Å². The highest BCUT2D eigenvalue weighted by molar-refractivity contribution is 7.13. The molecule has 0 bridgehead atoms. The lowest BCUT2D eigenvalue weighted by atomic mass is 10.1. The van der Waals surface area contributed by atoms with Gasteiger partial charge in [0.1, 0.15) is 5.60 Å². The van der Waals surface area contributed by atoms with Crippen LogP contribution in [-0.4, -0.2) is 16.6 Å². The van der Waals surface area contributed by atoms with Gasteiger partial charge in [0.25, 0.3) is 0 Å². The summed E-state index contributed by atoms with van der Waals surface area (Å²) >= 11 is 1.32. The van der Waals surface area contributed by atoms with Crippen molar-refractivity contribution in [3.63, 3.8) is 0 Å². The van der Waals surface area contributed by atoms with Crippen LogP contribution in [0.15, 0.2) is 11.5 Å². The van der Waals surface area contributed by atoms with Crippen LogP contribution in [0.1, 0.15) is 46.2 Å². The first-order valence-corrected chi connectivity index (χ1v) is 6.86. The molecular formula is C13H20N2O2S. The molecule has 0 saturated heterocycles. The van der Waals surface area contributed by atoms with Crippen molar-refractivity contribution in [1.29, 1.82) is 0 Å². The molecule has 0 radical (unpaired) electrons. The number of rotatable bonds is 4. The van der Waals surface area contributed by atoms with Gasteiger partial charge in [-0.3, -0.25) is 0 Å². The molecule has 0 amide bonds. The van der Waals surface area contributed by atoms with Gasteiger partial charge in [0.05, 0.1) is 11.3 Å². The van der Waals surface area contributed by atoms with Crippen molar-refractivity contribution < 1.29 is 9.53 Å². The zero-order valence-electron chi connectivity index (χ0n) is 11.3. The third-order valence-electron chi connectivity index (χ3n) is 2.05. The molecule has 5 heteroatoms. The van der Waals surface area contributed by atoms with E-state index in [1.54, 1.807) is 5.38 Å². The van der Waals surface area contributed by atoms with Crippen molar-refractivity contribution in [2.45, 2.75) is 46.1 Å². The molecule has 1 aromatic heterocycles. The minimum atomic E-state index is -0.510. The van der Waals surface area contributed by atoms with Crippen LogP contribution in [-0.2, 0) is 9.53 Å². The lowest BCUT2D eigenvalue weighted by molar-refractivity contribution is -0.147. The van der Waals surface area contributed by atoms with Gasteiger partial charge in [-0.05, 0) is 27.2 Å². The summed E-state index contributed by atoms with van der Waals surface area (Å²) in [6.45, 7) is 7.59. The van der Waals surface area contributed by atoms with Gasteiger partial charge in [-0.2, -0.15) is 0 Å². The van der Waals surface area contributed by atoms with Gasteiger partial charge in [-0.25, -0.2) is 9.78 Å². The van der Waals surface area contributed by atoms with E-state index in [0.717, 1.165) is 12.8 Å². The molecule has 4 nitrogen and oxygen atoms in total. The second kappa shape index (κ2) is 6.00. The second-order valence-corrected chi connectivity index (χ2v) is 5.87. The van der Waals surface area contributed by atoms with Crippen LogP contribution in [0.3, 0.4) is 0 Å². The summed E-state index contributed by atoms with van der Waals surface area (Å²) in [6, 6.07) is 0. The smallest absolute Gasteiger partial charge is 0.340 e. The van der Waals surface area contributed by atoms with Gasteiger partial charge in [-0.15, -0.1) is 11.3 Å². The Hall–Kier alpha value is -1.36. The first-order valence-electron chi connectivity index (χ1n) is 5.98. The maximum atomic E-state index is 12.1. The molecule has 0 saturated carbocycles. The minimum Gasteiger partial charge on any atom is -0.456 e. The normalized spacial score (nSPS) is 12.6. The topological polar surface area (TPSA) is 65.2 Å². The number of aromatic nitrogens is 1. The molecule has 18 heavy (non-hydrogen) atoms. The van der Waals surface area contributed by atoms with Crippen molar-refractivity contribution in [3.05, 3.63) is 17.2 Å². The lowest BCUT2D eigenvalue weighted by Crippen LogP contribution is -2.24. The summed E-state index contributed by atoms with van der Waals surface area (Å²) in [5.74, 6) is -0.346. The van der Waals surface area contributed by atoms with Gasteiger partial charge >= 0.3 is 5.97 Å². The largest absolute Gasteiger partial charge is 0.456 e. The average Bonchev–Trinajstić information content (AvgIpc) is 2.63. The van der Waals surface area contributed by atoms with E-state index < -0.39 is 5.60 Å². The van der Waals surface area contributed by atoms with E-state index in [9.17, 15) is 4.79 Å². The Morgan fingerprint density at radius 2 is 2.22 bits per heavy atom. The summed E-state index contributed by atoms with van der Waals surface area (Å²) in [6.07, 6.45) is 3.64. The fourth-order valence-electron chi connectivity index (χ4n) is 1.33. The molecule has 0 atom stereocenters. The molecule has 0 aliphatic carbocycles. The number of nitrogens with zero attached hydrogens (tertiary/aromatic N) is 1. The highest BCUT2D eigenvalue weighted by Crippen LogP contribution is 2.23. The van der Waals surface area contributed by atoms with Gasteiger partial charge in [-0.1, -0.05) is 19.4 Å². The second-order valence-electron chi connectivity index (χ2n) is 4.98. The standard InChI is InChI=1S/C13H20N2O2S/c1-5-6-7-9(10-8-18-12(14)15-10)11(16)17-13(2,3)4/h7-8H,5-6H2,1-4H3,(H2,14,15)/b9-7-. The van der Waals surface area contributed by atoms with E-state index in [4.69, 9.17) is 10.5 Å². The molecule has 1 aromatic rings. The predicted octanol–water partition coefficient (Wildman–Crippen LogP) is 3.25. The Balaban J connectivity index is 2.96. The maximum absolute atomic E-state index is 12.1. The summed E-state index contributed by atoms with van der Waals surface area (Å²) in [7, 11) is 0. The summed E-state index contributed by atoms with van der Waals surface area (Å²) < 4.78 is 5.38. The lowest BCUT2D eigenvalue weighted by Gasteiger charge is -2.20. The molecule has 0 spiro atoms. The predicted molar refractivity (Wildman–Crippen MR) is 75.3 cm³/mol. The Labute approximate surface area is 112 Å². The molecule has 0 aliphatic rings. The van der Waals surface area contributed by atoms with Crippen LogP contribution in [0.4, 0.5) is 5.13 Å². The van der Waals surface area contributed by atoms with E-state index in [1.165, 1.54) is 11.3 Å². The highest BCUT2D eigenvalue weighted by atomic mass is 32.1. The fourth-order valence-corrected chi connectivity index (χ4v) is 1.89. The number of hydrogen-bond donors (Lipinski definition) is 1. The number of carbonyl (C=O) groups is 1. The Morgan fingerprint density at radius 3 is 2.67 bits per heavy atom. The first-order chi connectivity index (χ1) is 8.33. The number of thiazole rings is 1. The van der Waals surface area contributed by atoms with Crippen molar-refractivity contribution in [2.75, 3.05) is 5.73 Å². The van der Waals surface area contributed by atoms with Crippen molar-refractivity contribution >= 4 is 28.0 Å². The number of nitrogen functional groups attached to an aromatic ring is 1. The molecule has 1 heterocycles. The molecule has 0 aliphatic heterocycles. The van der Waals surface area contributed by atoms with Crippen molar-refractivity contribution in [2.24, 2.45) is 0 Å². The van der Waals surface area contributed by atoms with E-state index in [1.807, 2.05) is 26.8 Å². The quantitative estimate of drug-likeness (QED) is 0.672. The number of allylic oxidation sites excluding steroid dienone is 1. The number of carbonyl (C=O) groups excluding carboxylic acids is 1. The van der Waals surface area contributed by atoms with Crippen LogP contribution in [0.2, 0.25) is 0 Å². The fraction of sp³-hybridized carbons (Fsp3) is 0.538. The Kier molecular flexibility index (Phi) is 4.90. The molecule has 2 N–H and O–H groups in total. The monoisotopic (exact) mass is 268 g/mol. The molecule has 0 fully saturated rings. The summed E-state index contributed by atoms with van der Waals surface area (Å²) in [5.41, 5.74) is 6.19. The summed E-state index contributed by atoms with van der Waals surface area (Å²) in [5, 5.41) is 2.23. The van der Waals surface area contributed by atoms with Crippen LogP contribution >= 0.6 is 11.3 Å². The molecule has 1 rings (SSSR count). The van der Waals surface area contributed by atoms with Crippen LogP contribution < -0.4 is 5.73 Å². The van der Waals surface area contributed by atoms with Crippen LogP contribution in [0.5, 0.6) is 0 Å². The number of esters is 1. The number of unbranched alkanes of at least 4 members (excludes halogenated alkanes) is 1. The number of nitrogens with two attached hydrogens (primary N) is 1. The summed E-state index contributed by atoms with van der Waals surface area (Å²) in [4.78, 5) is 16.2. The highest BCUT2D eigenvalue weighted by Gasteiger charge is 2.22. The Morgan fingerprint density at radius 1 is 1.56 bits per heavy atom. The van der Waals surface area contributed by atoms with Gasteiger partial charge in [0, 0.05) is 5.38 Å². The third-order valence-corrected chi connectivity index (χ3v) is 2.73. The van der Waals surface area contributed by atoms with E-state index in [0.29, 0.717) is 16.4 Å². The molecule has 100 valence electrons.